The largest absolute Gasteiger partial charge is 0.508 e. The van der Waals surface area contributed by atoms with Gasteiger partial charge in [-0.15, -0.1) is 0 Å². The van der Waals surface area contributed by atoms with Crippen LogP contribution >= 0.6 is 0 Å². The van der Waals surface area contributed by atoms with Gasteiger partial charge in [-0.1, -0.05) is 18.2 Å². The van der Waals surface area contributed by atoms with Crippen LogP contribution < -0.4 is 0 Å². The molecule has 0 radical (unpaired) electrons. The summed E-state index contributed by atoms with van der Waals surface area (Å²) in [5, 5.41) is 51.9. The molecule has 0 aliphatic heterocycles. The lowest BCUT2D eigenvalue weighted by Crippen LogP contribution is -1.61. The van der Waals surface area contributed by atoms with E-state index in [0.717, 1.165) is 0 Å². The topological polar surface area (TPSA) is 121 Å². The monoisotopic (exact) mass is 330 g/mol. The van der Waals surface area contributed by atoms with Gasteiger partial charge in [0, 0.05) is 18.2 Å². The summed E-state index contributed by atoms with van der Waals surface area (Å²) in [7, 11) is 0. The molecule has 0 fully saturated rings. The highest BCUT2D eigenvalue weighted by molar-refractivity contribution is 5.31. The number of aromatic hydroxyl groups is 6. The van der Waals surface area contributed by atoms with Crippen molar-refractivity contribution in [2.75, 3.05) is 0 Å². The minimum absolute atomic E-state index is 0.0880. The number of hydrogen-bond donors (Lipinski definition) is 6. The zero-order chi connectivity index (χ0) is 17.9. The SMILES string of the molecule is Oc1cccc(O)c1.Oc1cccc(O)c1.Oc1cccc(O)c1. The zero-order valence-corrected chi connectivity index (χ0v) is 12.6. The van der Waals surface area contributed by atoms with Gasteiger partial charge < -0.3 is 30.6 Å². The number of benzene rings is 3. The molecule has 3 aromatic carbocycles. The molecule has 0 bridgehead atoms. The molecular formula is C18H18O6. The Balaban J connectivity index is 0.000000180. The van der Waals surface area contributed by atoms with Crippen LogP contribution in [-0.2, 0) is 0 Å². The number of phenolic OH excluding ortho intramolecular Hbond substituents is 6. The zero-order valence-electron chi connectivity index (χ0n) is 12.6. The van der Waals surface area contributed by atoms with E-state index in [1.54, 1.807) is 18.2 Å². The molecule has 0 unspecified atom stereocenters. The van der Waals surface area contributed by atoms with Gasteiger partial charge in [-0.2, -0.15) is 0 Å². The van der Waals surface area contributed by atoms with Crippen LogP contribution in [0.5, 0.6) is 34.5 Å². The Morgan fingerprint density at radius 3 is 0.583 bits per heavy atom. The fourth-order valence-electron chi connectivity index (χ4n) is 1.48. The van der Waals surface area contributed by atoms with Gasteiger partial charge in [0.25, 0.3) is 0 Å². The summed E-state index contributed by atoms with van der Waals surface area (Å²) in [6.07, 6.45) is 0. The second kappa shape index (κ2) is 9.47. The lowest BCUT2D eigenvalue weighted by atomic mass is 10.3. The van der Waals surface area contributed by atoms with Crippen molar-refractivity contribution in [3.05, 3.63) is 72.8 Å². The van der Waals surface area contributed by atoms with Crippen molar-refractivity contribution in [2.45, 2.75) is 0 Å². The average molecular weight is 330 g/mol. The van der Waals surface area contributed by atoms with Crippen LogP contribution in [0.1, 0.15) is 0 Å². The highest BCUT2D eigenvalue weighted by Gasteiger charge is 1.87. The molecule has 3 aromatic rings. The summed E-state index contributed by atoms with van der Waals surface area (Å²) in [6.45, 7) is 0. The summed E-state index contributed by atoms with van der Waals surface area (Å²) < 4.78 is 0. The molecule has 6 heteroatoms. The van der Waals surface area contributed by atoms with Gasteiger partial charge >= 0.3 is 0 Å². The van der Waals surface area contributed by atoms with Crippen LogP contribution in [0.25, 0.3) is 0 Å². The van der Waals surface area contributed by atoms with E-state index in [0.29, 0.717) is 0 Å². The van der Waals surface area contributed by atoms with E-state index in [1.807, 2.05) is 0 Å². The van der Waals surface area contributed by atoms with Crippen molar-refractivity contribution >= 4 is 0 Å². The highest BCUT2D eigenvalue weighted by atomic mass is 16.3. The van der Waals surface area contributed by atoms with Crippen molar-refractivity contribution in [1.29, 1.82) is 0 Å². The van der Waals surface area contributed by atoms with Crippen molar-refractivity contribution in [2.24, 2.45) is 0 Å². The lowest BCUT2D eigenvalue weighted by molar-refractivity contribution is 0.449. The van der Waals surface area contributed by atoms with E-state index >= 15 is 0 Å². The Bertz CT molecular complexity index is 603. The molecule has 0 heterocycles. The van der Waals surface area contributed by atoms with Crippen LogP contribution in [0, 0.1) is 0 Å². The van der Waals surface area contributed by atoms with Gasteiger partial charge in [-0.05, 0) is 36.4 Å². The molecule has 0 amide bonds. The third-order valence-corrected chi connectivity index (χ3v) is 2.49. The van der Waals surface area contributed by atoms with Crippen LogP contribution in [-0.4, -0.2) is 30.6 Å². The fraction of sp³-hybridized carbons (Fsp3) is 0. The first-order valence-corrected chi connectivity index (χ1v) is 6.81. The normalized spacial score (nSPS) is 9.00. The van der Waals surface area contributed by atoms with Crippen molar-refractivity contribution in [1.82, 2.24) is 0 Å². The quantitative estimate of drug-likeness (QED) is 0.376. The third-order valence-electron chi connectivity index (χ3n) is 2.49. The standard InChI is InChI=1S/3C6H6O2/c3*7-5-2-1-3-6(8)4-5/h3*1-4,7-8H. The minimum atomic E-state index is 0.0880. The molecule has 0 aliphatic carbocycles. The number of rotatable bonds is 0. The van der Waals surface area contributed by atoms with Crippen molar-refractivity contribution in [3.8, 4) is 34.5 Å². The smallest absolute Gasteiger partial charge is 0.119 e. The average Bonchev–Trinajstić information content (AvgIpc) is 2.47. The highest BCUT2D eigenvalue weighted by Crippen LogP contribution is 2.16. The maximum Gasteiger partial charge on any atom is 0.119 e. The summed E-state index contributed by atoms with van der Waals surface area (Å²) >= 11 is 0. The van der Waals surface area contributed by atoms with Gasteiger partial charge in [-0.3, -0.25) is 0 Å². The van der Waals surface area contributed by atoms with E-state index in [-0.39, 0.29) is 34.5 Å². The minimum Gasteiger partial charge on any atom is -0.508 e. The summed E-state index contributed by atoms with van der Waals surface area (Å²) in [5.74, 6) is 0.528. The Labute approximate surface area is 138 Å². The third kappa shape index (κ3) is 8.04. The fourth-order valence-corrected chi connectivity index (χ4v) is 1.48. The predicted molar refractivity (Wildman–Crippen MR) is 89.3 cm³/mol. The first-order chi connectivity index (χ1) is 11.4. The van der Waals surface area contributed by atoms with Gasteiger partial charge in [0.2, 0.25) is 0 Å². The predicted octanol–water partition coefficient (Wildman–Crippen LogP) is 3.29. The van der Waals surface area contributed by atoms with E-state index in [4.69, 9.17) is 30.6 Å². The van der Waals surface area contributed by atoms with Gasteiger partial charge in [0.15, 0.2) is 0 Å². The maximum absolute atomic E-state index is 8.65. The Kier molecular flexibility index (Phi) is 7.30. The van der Waals surface area contributed by atoms with Gasteiger partial charge in [-0.25, -0.2) is 0 Å². The van der Waals surface area contributed by atoms with E-state index in [9.17, 15) is 0 Å². The number of hydrogen-bond acceptors (Lipinski definition) is 6. The van der Waals surface area contributed by atoms with Crippen molar-refractivity contribution < 1.29 is 30.6 Å². The second-order valence-electron chi connectivity index (χ2n) is 4.56. The van der Waals surface area contributed by atoms with Crippen LogP contribution in [0.2, 0.25) is 0 Å². The molecule has 0 aromatic heterocycles. The first kappa shape index (κ1) is 18.5. The van der Waals surface area contributed by atoms with Crippen molar-refractivity contribution in [3.63, 3.8) is 0 Å². The molecule has 6 nitrogen and oxygen atoms in total. The molecule has 6 N–H and O–H groups in total. The van der Waals surface area contributed by atoms with Crippen LogP contribution in [0.15, 0.2) is 72.8 Å². The molecule has 0 saturated heterocycles. The summed E-state index contributed by atoms with van der Waals surface area (Å²) in [5.41, 5.74) is 0. The molecular weight excluding hydrogens is 312 g/mol. The summed E-state index contributed by atoms with van der Waals surface area (Å²) in [4.78, 5) is 0. The molecule has 3 rings (SSSR count). The van der Waals surface area contributed by atoms with E-state index in [2.05, 4.69) is 0 Å². The Hall–Kier alpha value is -3.54. The molecule has 0 aliphatic rings. The van der Waals surface area contributed by atoms with Gasteiger partial charge in [0.1, 0.15) is 34.5 Å². The molecule has 0 atom stereocenters. The molecule has 24 heavy (non-hydrogen) atoms. The second-order valence-corrected chi connectivity index (χ2v) is 4.56. The van der Waals surface area contributed by atoms with Crippen LogP contribution in [0.4, 0.5) is 0 Å². The number of phenols is 6. The van der Waals surface area contributed by atoms with E-state index < -0.39 is 0 Å². The maximum atomic E-state index is 8.65. The summed E-state index contributed by atoms with van der Waals surface area (Å²) in [6, 6.07) is 17.6. The Morgan fingerprint density at radius 1 is 0.333 bits per heavy atom. The Morgan fingerprint density at radius 2 is 0.500 bits per heavy atom. The molecule has 126 valence electrons. The lowest BCUT2D eigenvalue weighted by Gasteiger charge is -1.89. The first-order valence-electron chi connectivity index (χ1n) is 6.81. The van der Waals surface area contributed by atoms with Gasteiger partial charge in [0.05, 0.1) is 0 Å². The van der Waals surface area contributed by atoms with Crippen LogP contribution in [0.3, 0.4) is 0 Å². The molecule has 0 saturated carbocycles. The van der Waals surface area contributed by atoms with E-state index in [1.165, 1.54) is 54.6 Å². The molecule has 0 spiro atoms.